The third kappa shape index (κ3) is 1.46. The van der Waals surface area contributed by atoms with Crippen LogP contribution in [0.3, 0.4) is 0 Å². The van der Waals surface area contributed by atoms with E-state index in [1.807, 2.05) is 0 Å². The van der Waals surface area contributed by atoms with Gasteiger partial charge in [0, 0.05) is 35.6 Å². The Morgan fingerprint density at radius 2 is 1.90 bits per heavy atom. The maximum Gasteiger partial charge on any atom is 0.168 e. The Morgan fingerprint density at radius 3 is 2.62 bits per heavy atom. The smallest absolute Gasteiger partial charge is 0.168 e. The van der Waals surface area contributed by atoms with Crippen LogP contribution in [0, 0.1) is 36.5 Å². The lowest BCUT2D eigenvalue weighted by molar-refractivity contribution is 0.0946. The van der Waals surface area contributed by atoms with Crippen LogP contribution in [-0.4, -0.2) is 10.4 Å². The zero-order valence-electron chi connectivity index (χ0n) is 12.7. The first-order valence-electron chi connectivity index (χ1n) is 8.25. The van der Waals surface area contributed by atoms with Crippen LogP contribution in [-0.2, 0) is 7.05 Å². The minimum atomic E-state index is 0.350. The van der Waals surface area contributed by atoms with Gasteiger partial charge in [-0.2, -0.15) is 0 Å². The van der Waals surface area contributed by atoms with Gasteiger partial charge in [0.15, 0.2) is 5.78 Å². The first kappa shape index (κ1) is 12.0. The maximum atomic E-state index is 13.0. The van der Waals surface area contributed by atoms with Gasteiger partial charge in [0.2, 0.25) is 0 Å². The molecular formula is C19H21NO. The van der Waals surface area contributed by atoms with E-state index in [0.717, 1.165) is 34.6 Å². The van der Waals surface area contributed by atoms with E-state index >= 15 is 0 Å². The predicted molar refractivity (Wildman–Crippen MR) is 83.3 cm³/mol. The van der Waals surface area contributed by atoms with Gasteiger partial charge >= 0.3 is 0 Å². The van der Waals surface area contributed by atoms with Gasteiger partial charge in [0.25, 0.3) is 0 Å². The molecule has 21 heavy (non-hydrogen) atoms. The molecule has 4 atom stereocenters. The molecule has 3 saturated carbocycles. The van der Waals surface area contributed by atoms with Crippen LogP contribution < -0.4 is 0 Å². The number of carbonyl (C=O) groups is 1. The van der Waals surface area contributed by atoms with Crippen LogP contribution in [0.2, 0.25) is 0 Å². The van der Waals surface area contributed by atoms with Crippen molar-refractivity contribution in [2.75, 3.05) is 0 Å². The van der Waals surface area contributed by atoms with Crippen LogP contribution in [0.15, 0.2) is 24.4 Å². The molecule has 2 bridgehead atoms. The molecule has 1 aromatic heterocycles. The molecule has 3 aliphatic rings. The molecule has 4 unspecified atom stereocenters. The Bertz CT molecular complexity index is 755. The summed E-state index contributed by atoms with van der Waals surface area (Å²) in [6.45, 7) is 2.11. The van der Waals surface area contributed by atoms with Gasteiger partial charge in [-0.1, -0.05) is 12.1 Å². The Kier molecular flexibility index (Phi) is 2.17. The number of rotatable bonds is 2. The summed E-state index contributed by atoms with van der Waals surface area (Å²) in [5, 5.41) is 1.14. The second-order valence-electron chi connectivity index (χ2n) is 7.55. The van der Waals surface area contributed by atoms with E-state index in [9.17, 15) is 4.79 Å². The summed E-state index contributed by atoms with van der Waals surface area (Å²) in [4.78, 5) is 13.0. The molecule has 0 aliphatic heterocycles. The molecule has 1 aromatic carbocycles. The van der Waals surface area contributed by atoms with Gasteiger partial charge in [-0.15, -0.1) is 0 Å². The lowest BCUT2D eigenvalue weighted by atomic mass is 9.96. The highest BCUT2D eigenvalue weighted by molar-refractivity contribution is 6.10. The quantitative estimate of drug-likeness (QED) is 0.763. The number of ketones is 1. The number of hydrogen-bond donors (Lipinski definition) is 0. The minimum Gasteiger partial charge on any atom is -0.350 e. The van der Waals surface area contributed by atoms with E-state index in [2.05, 4.69) is 42.9 Å². The molecule has 0 N–H and O–H groups in total. The average molecular weight is 279 g/mol. The predicted octanol–water partition coefficient (Wildman–Crippen LogP) is 3.96. The highest BCUT2D eigenvalue weighted by Gasteiger charge is 2.67. The van der Waals surface area contributed by atoms with Crippen molar-refractivity contribution in [3.8, 4) is 0 Å². The van der Waals surface area contributed by atoms with Crippen LogP contribution >= 0.6 is 0 Å². The van der Waals surface area contributed by atoms with E-state index < -0.39 is 0 Å². The zero-order chi connectivity index (χ0) is 14.3. The Labute approximate surface area is 125 Å². The molecule has 0 saturated heterocycles. The Hall–Kier alpha value is -1.57. The second kappa shape index (κ2) is 3.79. The average Bonchev–Trinajstić information content (AvgIpc) is 2.78. The van der Waals surface area contributed by atoms with Crippen molar-refractivity contribution < 1.29 is 4.79 Å². The topological polar surface area (TPSA) is 22.0 Å². The van der Waals surface area contributed by atoms with Gasteiger partial charge < -0.3 is 4.57 Å². The summed E-state index contributed by atoms with van der Waals surface area (Å²) < 4.78 is 2.11. The third-order valence-electron chi connectivity index (χ3n) is 6.45. The minimum absolute atomic E-state index is 0.350. The summed E-state index contributed by atoms with van der Waals surface area (Å²) in [7, 11) is 2.05. The number of hydrogen-bond acceptors (Lipinski definition) is 1. The molecule has 5 rings (SSSR count). The van der Waals surface area contributed by atoms with Crippen molar-refractivity contribution in [2.24, 2.45) is 36.6 Å². The molecule has 2 heteroatoms. The SMILES string of the molecule is Cc1ccc2c(C(=O)C3C4C5CCC(C5)C34)cn(C)c2c1. The second-order valence-corrected chi connectivity index (χ2v) is 7.55. The molecule has 1 heterocycles. The number of nitrogens with zero attached hydrogens (tertiary/aromatic N) is 1. The highest BCUT2D eigenvalue weighted by atomic mass is 16.1. The van der Waals surface area contributed by atoms with E-state index in [1.54, 1.807) is 0 Å². The van der Waals surface area contributed by atoms with Gasteiger partial charge in [-0.05, 0) is 61.5 Å². The lowest BCUT2D eigenvalue weighted by Gasteiger charge is -2.07. The maximum absolute atomic E-state index is 13.0. The molecule has 3 aliphatic carbocycles. The van der Waals surface area contributed by atoms with E-state index in [1.165, 1.54) is 30.3 Å². The summed E-state index contributed by atoms with van der Waals surface area (Å²) in [5.74, 6) is 3.98. The summed E-state index contributed by atoms with van der Waals surface area (Å²) >= 11 is 0. The van der Waals surface area contributed by atoms with Crippen LogP contribution in [0.1, 0.15) is 35.2 Å². The largest absolute Gasteiger partial charge is 0.350 e. The van der Waals surface area contributed by atoms with Gasteiger partial charge in [0.1, 0.15) is 0 Å². The molecule has 3 fully saturated rings. The third-order valence-corrected chi connectivity index (χ3v) is 6.45. The molecule has 2 aromatic rings. The Balaban J connectivity index is 1.55. The molecular weight excluding hydrogens is 258 g/mol. The first-order chi connectivity index (χ1) is 10.1. The Morgan fingerprint density at radius 1 is 1.19 bits per heavy atom. The fourth-order valence-corrected chi connectivity index (χ4v) is 5.55. The first-order valence-corrected chi connectivity index (χ1v) is 8.25. The standard InChI is InChI=1S/C19H21NO/c1-10-3-6-13-14(9-20(2)15(13)7-10)19(21)18-16-11-4-5-12(8-11)17(16)18/h3,6-7,9,11-12,16-18H,4-5,8H2,1-2H3. The zero-order valence-corrected chi connectivity index (χ0v) is 12.7. The van der Waals surface area contributed by atoms with Crippen molar-refractivity contribution in [1.82, 2.24) is 4.57 Å². The van der Waals surface area contributed by atoms with Gasteiger partial charge in [-0.25, -0.2) is 0 Å². The van der Waals surface area contributed by atoms with E-state index in [4.69, 9.17) is 0 Å². The normalized spacial score (nSPS) is 36.2. The molecule has 0 radical (unpaired) electrons. The van der Waals surface area contributed by atoms with Crippen LogP contribution in [0.4, 0.5) is 0 Å². The van der Waals surface area contributed by atoms with Crippen molar-refractivity contribution in [1.29, 1.82) is 0 Å². The van der Waals surface area contributed by atoms with Crippen molar-refractivity contribution >= 4 is 16.7 Å². The fraction of sp³-hybridized carbons (Fsp3) is 0.526. The number of benzene rings is 1. The lowest BCUT2D eigenvalue weighted by Crippen LogP contribution is -2.09. The number of aryl methyl sites for hydroxylation is 2. The molecule has 0 amide bonds. The molecule has 2 nitrogen and oxygen atoms in total. The fourth-order valence-electron chi connectivity index (χ4n) is 5.55. The van der Waals surface area contributed by atoms with E-state index in [-0.39, 0.29) is 0 Å². The molecule has 0 spiro atoms. The number of fused-ring (bicyclic) bond motifs is 6. The van der Waals surface area contributed by atoms with Gasteiger partial charge in [0.05, 0.1) is 0 Å². The number of aromatic nitrogens is 1. The summed E-state index contributed by atoms with van der Waals surface area (Å²) in [6, 6.07) is 6.44. The van der Waals surface area contributed by atoms with Crippen molar-refractivity contribution in [3.05, 3.63) is 35.5 Å². The van der Waals surface area contributed by atoms with E-state index in [0.29, 0.717) is 11.7 Å². The van der Waals surface area contributed by atoms with Crippen molar-refractivity contribution in [3.63, 3.8) is 0 Å². The van der Waals surface area contributed by atoms with Crippen LogP contribution in [0.5, 0.6) is 0 Å². The monoisotopic (exact) mass is 279 g/mol. The van der Waals surface area contributed by atoms with Gasteiger partial charge in [-0.3, -0.25) is 4.79 Å². The van der Waals surface area contributed by atoms with Crippen molar-refractivity contribution in [2.45, 2.75) is 26.2 Å². The van der Waals surface area contributed by atoms with Crippen LogP contribution in [0.25, 0.3) is 10.9 Å². The summed E-state index contributed by atoms with van der Waals surface area (Å²) in [6.07, 6.45) is 6.23. The highest BCUT2D eigenvalue weighted by Crippen LogP contribution is 2.70. The molecule has 108 valence electrons. The number of Topliss-reactive ketones (excluding diaryl/α,β-unsaturated/α-hetero) is 1. The number of carbonyl (C=O) groups excluding carboxylic acids is 1. The summed E-state index contributed by atoms with van der Waals surface area (Å²) in [5.41, 5.74) is 3.41.